The molecule has 0 aromatic rings. The maximum atomic E-state index is 11.9. The van der Waals surface area contributed by atoms with Gasteiger partial charge in [0.15, 0.2) is 0 Å². The van der Waals surface area contributed by atoms with E-state index in [0.717, 1.165) is 6.54 Å². The summed E-state index contributed by atoms with van der Waals surface area (Å²) in [7, 11) is 0. The molecule has 17 heavy (non-hydrogen) atoms. The number of hydrogen-bond acceptors (Lipinski definition) is 2. The molecule has 1 rings (SSSR count). The standard InChI is InChI=1S/C14H28N2O/c1-10(2)14(7-8-14)9-15-11(3)12(17)16-13(4,5)6/h10-11,15H,7-9H2,1-6H3,(H,16,17). The van der Waals surface area contributed by atoms with Crippen LogP contribution in [0.2, 0.25) is 0 Å². The summed E-state index contributed by atoms with van der Waals surface area (Å²) in [4.78, 5) is 11.9. The fourth-order valence-corrected chi connectivity index (χ4v) is 2.05. The van der Waals surface area contributed by atoms with Crippen molar-refractivity contribution in [2.75, 3.05) is 6.54 Å². The molecular formula is C14H28N2O. The van der Waals surface area contributed by atoms with Gasteiger partial charge in [0, 0.05) is 12.1 Å². The lowest BCUT2D eigenvalue weighted by molar-refractivity contribution is -0.124. The van der Waals surface area contributed by atoms with E-state index in [1.54, 1.807) is 0 Å². The molecule has 0 aromatic heterocycles. The normalized spacial score (nSPS) is 20.2. The Morgan fingerprint density at radius 2 is 1.76 bits per heavy atom. The Bertz CT molecular complexity index is 274. The molecule has 0 heterocycles. The maximum Gasteiger partial charge on any atom is 0.237 e. The lowest BCUT2D eigenvalue weighted by atomic mass is 9.92. The Labute approximate surface area is 106 Å². The Morgan fingerprint density at radius 3 is 2.12 bits per heavy atom. The van der Waals surface area contributed by atoms with Gasteiger partial charge in [0.2, 0.25) is 5.91 Å². The highest BCUT2D eigenvalue weighted by Crippen LogP contribution is 2.51. The minimum atomic E-state index is -0.150. The van der Waals surface area contributed by atoms with Gasteiger partial charge in [-0.2, -0.15) is 0 Å². The van der Waals surface area contributed by atoms with Crippen LogP contribution in [0.1, 0.15) is 54.4 Å². The van der Waals surface area contributed by atoms with Crippen molar-refractivity contribution in [1.82, 2.24) is 10.6 Å². The van der Waals surface area contributed by atoms with Gasteiger partial charge in [-0.25, -0.2) is 0 Å². The molecule has 100 valence electrons. The Balaban J connectivity index is 2.35. The monoisotopic (exact) mass is 240 g/mol. The zero-order valence-electron chi connectivity index (χ0n) is 12.2. The van der Waals surface area contributed by atoms with Crippen molar-refractivity contribution in [1.29, 1.82) is 0 Å². The predicted octanol–water partition coefficient (Wildman–Crippen LogP) is 2.32. The second kappa shape index (κ2) is 4.97. The molecule has 2 N–H and O–H groups in total. The molecule has 1 fully saturated rings. The van der Waals surface area contributed by atoms with Gasteiger partial charge in [0.1, 0.15) is 0 Å². The smallest absolute Gasteiger partial charge is 0.237 e. The molecule has 1 aliphatic rings. The van der Waals surface area contributed by atoms with Gasteiger partial charge < -0.3 is 10.6 Å². The van der Waals surface area contributed by atoms with E-state index < -0.39 is 0 Å². The second-order valence-corrected chi connectivity index (χ2v) is 6.86. The quantitative estimate of drug-likeness (QED) is 0.774. The number of nitrogens with one attached hydrogen (secondary N) is 2. The van der Waals surface area contributed by atoms with E-state index in [1.807, 2.05) is 27.7 Å². The summed E-state index contributed by atoms with van der Waals surface area (Å²) in [5.41, 5.74) is 0.304. The zero-order chi connectivity index (χ0) is 13.3. The second-order valence-electron chi connectivity index (χ2n) is 6.86. The summed E-state index contributed by atoms with van der Waals surface area (Å²) in [6.07, 6.45) is 2.59. The molecular weight excluding hydrogens is 212 g/mol. The number of carbonyl (C=O) groups is 1. The van der Waals surface area contributed by atoms with Crippen molar-refractivity contribution in [3.8, 4) is 0 Å². The van der Waals surface area contributed by atoms with Crippen molar-refractivity contribution in [2.24, 2.45) is 11.3 Å². The summed E-state index contributed by atoms with van der Waals surface area (Å²) in [6.45, 7) is 13.5. The summed E-state index contributed by atoms with van der Waals surface area (Å²) in [6, 6.07) is -0.106. The molecule has 1 unspecified atom stereocenters. The van der Waals surface area contributed by atoms with E-state index in [2.05, 4.69) is 24.5 Å². The lowest BCUT2D eigenvalue weighted by Gasteiger charge is -2.26. The lowest BCUT2D eigenvalue weighted by Crippen LogP contribution is -2.50. The van der Waals surface area contributed by atoms with Crippen LogP contribution < -0.4 is 10.6 Å². The Kier molecular flexibility index (Phi) is 4.23. The van der Waals surface area contributed by atoms with Gasteiger partial charge in [-0.15, -0.1) is 0 Å². The first-order chi connectivity index (χ1) is 7.66. The molecule has 0 spiro atoms. The average molecular weight is 240 g/mol. The number of rotatable bonds is 5. The van der Waals surface area contributed by atoms with Crippen LogP contribution in [0.4, 0.5) is 0 Å². The van der Waals surface area contributed by atoms with E-state index >= 15 is 0 Å². The zero-order valence-corrected chi connectivity index (χ0v) is 12.2. The molecule has 3 heteroatoms. The molecule has 0 aromatic carbocycles. The molecule has 0 aliphatic heterocycles. The van der Waals surface area contributed by atoms with E-state index in [-0.39, 0.29) is 17.5 Å². The predicted molar refractivity (Wildman–Crippen MR) is 71.9 cm³/mol. The van der Waals surface area contributed by atoms with E-state index in [9.17, 15) is 4.79 Å². The molecule has 1 amide bonds. The Morgan fingerprint density at radius 1 is 1.24 bits per heavy atom. The molecule has 3 nitrogen and oxygen atoms in total. The Hall–Kier alpha value is -0.570. The average Bonchev–Trinajstić information content (AvgIpc) is 2.92. The fourth-order valence-electron chi connectivity index (χ4n) is 2.05. The summed E-state index contributed by atoms with van der Waals surface area (Å²) in [5, 5.41) is 6.38. The van der Waals surface area contributed by atoms with Crippen LogP contribution in [0.3, 0.4) is 0 Å². The summed E-state index contributed by atoms with van der Waals surface area (Å²) >= 11 is 0. The largest absolute Gasteiger partial charge is 0.350 e. The van der Waals surface area contributed by atoms with Gasteiger partial charge in [0.05, 0.1) is 6.04 Å². The molecule has 0 bridgehead atoms. The van der Waals surface area contributed by atoms with Crippen LogP contribution in [0.15, 0.2) is 0 Å². The molecule has 1 saturated carbocycles. The van der Waals surface area contributed by atoms with Crippen LogP contribution in [0.25, 0.3) is 0 Å². The minimum Gasteiger partial charge on any atom is -0.350 e. The van der Waals surface area contributed by atoms with Crippen LogP contribution in [0, 0.1) is 11.3 Å². The van der Waals surface area contributed by atoms with Crippen LogP contribution in [-0.4, -0.2) is 24.0 Å². The van der Waals surface area contributed by atoms with Gasteiger partial charge in [0.25, 0.3) is 0 Å². The minimum absolute atomic E-state index is 0.0945. The van der Waals surface area contributed by atoms with Crippen LogP contribution >= 0.6 is 0 Å². The van der Waals surface area contributed by atoms with Gasteiger partial charge >= 0.3 is 0 Å². The van der Waals surface area contributed by atoms with Gasteiger partial charge in [-0.3, -0.25) is 4.79 Å². The topological polar surface area (TPSA) is 41.1 Å². The molecule has 0 radical (unpaired) electrons. The third kappa shape index (κ3) is 4.30. The van der Waals surface area contributed by atoms with E-state index in [4.69, 9.17) is 0 Å². The first kappa shape index (κ1) is 14.5. The van der Waals surface area contributed by atoms with Crippen LogP contribution in [-0.2, 0) is 4.79 Å². The number of carbonyl (C=O) groups excluding carboxylic acids is 1. The van der Waals surface area contributed by atoms with Crippen molar-refractivity contribution in [2.45, 2.75) is 66.0 Å². The first-order valence-electron chi connectivity index (χ1n) is 6.72. The van der Waals surface area contributed by atoms with E-state index in [1.165, 1.54) is 12.8 Å². The van der Waals surface area contributed by atoms with E-state index in [0.29, 0.717) is 11.3 Å². The summed E-state index contributed by atoms with van der Waals surface area (Å²) < 4.78 is 0. The highest BCUT2D eigenvalue weighted by Gasteiger charge is 2.45. The van der Waals surface area contributed by atoms with Crippen molar-refractivity contribution < 1.29 is 4.79 Å². The molecule has 0 saturated heterocycles. The first-order valence-corrected chi connectivity index (χ1v) is 6.72. The van der Waals surface area contributed by atoms with Crippen molar-refractivity contribution >= 4 is 5.91 Å². The maximum absolute atomic E-state index is 11.9. The fraction of sp³-hybridized carbons (Fsp3) is 0.929. The van der Waals surface area contributed by atoms with Gasteiger partial charge in [-0.1, -0.05) is 13.8 Å². The van der Waals surface area contributed by atoms with Crippen molar-refractivity contribution in [3.63, 3.8) is 0 Å². The summed E-state index contributed by atoms with van der Waals surface area (Å²) in [5.74, 6) is 0.796. The third-order valence-corrected chi connectivity index (χ3v) is 3.77. The number of amides is 1. The van der Waals surface area contributed by atoms with Gasteiger partial charge in [-0.05, 0) is 51.9 Å². The molecule has 1 aliphatic carbocycles. The highest BCUT2D eigenvalue weighted by atomic mass is 16.2. The highest BCUT2D eigenvalue weighted by molar-refractivity contribution is 5.81. The third-order valence-electron chi connectivity index (χ3n) is 3.77. The molecule has 1 atom stereocenters. The SMILES string of the molecule is CC(NCC1(C(C)C)CC1)C(=O)NC(C)(C)C. The van der Waals surface area contributed by atoms with Crippen LogP contribution in [0.5, 0.6) is 0 Å². The van der Waals surface area contributed by atoms with Crippen molar-refractivity contribution in [3.05, 3.63) is 0 Å². The number of hydrogen-bond donors (Lipinski definition) is 2.